The van der Waals surface area contributed by atoms with Gasteiger partial charge in [-0.05, 0) is 74.2 Å². The van der Waals surface area contributed by atoms with Crippen molar-refractivity contribution in [2.75, 3.05) is 20.6 Å². The lowest BCUT2D eigenvalue weighted by atomic mass is 9.72. The quantitative estimate of drug-likeness (QED) is 0.499. The summed E-state index contributed by atoms with van der Waals surface area (Å²) < 4.78 is 0. The van der Waals surface area contributed by atoms with Crippen LogP contribution in [0.5, 0.6) is 5.75 Å². The highest BCUT2D eigenvalue weighted by Crippen LogP contribution is 2.43. The molecule has 3 atom stereocenters. The number of hydrogen-bond acceptors (Lipinski definition) is 3. The lowest BCUT2D eigenvalue weighted by Crippen LogP contribution is -2.33. The molecule has 1 saturated carbocycles. The molecular formula is C24H42ClNO2. The Balaban J connectivity index is 0.00000392. The van der Waals surface area contributed by atoms with E-state index in [1.54, 1.807) is 0 Å². The summed E-state index contributed by atoms with van der Waals surface area (Å²) in [5.74, 6) is 1.14. The van der Waals surface area contributed by atoms with Crippen molar-refractivity contribution in [2.24, 2.45) is 5.92 Å². The van der Waals surface area contributed by atoms with Crippen molar-refractivity contribution < 1.29 is 10.2 Å². The minimum atomic E-state index is -0.248. The van der Waals surface area contributed by atoms with Crippen molar-refractivity contribution in [3.8, 4) is 5.75 Å². The van der Waals surface area contributed by atoms with Crippen LogP contribution >= 0.6 is 12.4 Å². The van der Waals surface area contributed by atoms with Crippen LogP contribution in [0.2, 0.25) is 0 Å². The van der Waals surface area contributed by atoms with Gasteiger partial charge in [-0.15, -0.1) is 12.4 Å². The maximum atomic E-state index is 10.9. The molecular weight excluding hydrogens is 370 g/mol. The maximum absolute atomic E-state index is 10.9. The van der Waals surface area contributed by atoms with Gasteiger partial charge in [-0.2, -0.15) is 0 Å². The Morgan fingerprint density at radius 3 is 2.43 bits per heavy atom. The van der Waals surface area contributed by atoms with Gasteiger partial charge in [0.2, 0.25) is 0 Å². The number of aliphatic hydroxyl groups excluding tert-OH is 1. The molecule has 3 nitrogen and oxygen atoms in total. The number of aromatic hydroxyl groups is 1. The van der Waals surface area contributed by atoms with Crippen molar-refractivity contribution in [1.29, 1.82) is 0 Å². The summed E-state index contributed by atoms with van der Waals surface area (Å²) in [5.41, 5.74) is 2.32. The summed E-state index contributed by atoms with van der Waals surface area (Å²) in [6, 6.07) is 6.33. The van der Waals surface area contributed by atoms with E-state index in [2.05, 4.69) is 51.9 Å². The largest absolute Gasteiger partial charge is 0.508 e. The highest BCUT2D eigenvalue weighted by atomic mass is 35.5. The molecule has 0 heterocycles. The van der Waals surface area contributed by atoms with Gasteiger partial charge in [-0.25, -0.2) is 0 Å². The van der Waals surface area contributed by atoms with Gasteiger partial charge in [0, 0.05) is 6.54 Å². The normalized spacial score (nSPS) is 22.9. The first-order valence-corrected chi connectivity index (χ1v) is 10.9. The summed E-state index contributed by atoms with van der Waals surface area (Å²) in [5, 5.41) is 21.1. The summed E-state index contributed by atoms with van der Waals surface area (Å²) in [6.07, 6.45) is 8.65. The Labute approximate surface area is 178 Å². The van der Waals surface area contributed by atoms with Gasteiger partial charge >= 0.3 is 0 Å². The zero-order valence-electron chi connectivity index (χ0n) is 18.6. The van der Waals surface area contributed by atoms with Gasteiger partial charge < -0.3 is 15.1 Å². The van der Waals surface area contributed by atoms with Crippen LogP contribution in [0.25, 0.3) is 0 Å². The van der Waals surface area contributed by atoms with E-state index in [1.807, 2.05) is 6.07 Å². The maximum Gasteiger partial charge on any atom is 0.119 e. The second-order valence-corrected chi connectivity index (χ2v) is 9.56. The third kappa shape index (κ3) is 6.93. The number of halogens is 1. The van der Waals surface area contributed by atoms with E-state index in [0.29, 0.717) is 11.7 Å². The van der Waals surface area contributed by atoms with Gasteiger partial charge in [0.25, 0.3) is 0 Å². The van der Waals surface area contributed by atoms with Gasteiger partial charge in [0.1, 0.15) is 5.75 Å². The fraction of sp³-hybridized carbons (Fsp3) is 0.750. The monoisotopic (exact) mass is 411 g/mol. The number of benzene rings is 1. The number of phenols is 1. The van der Waals surface area contributed by atoms with Crippen molar-refractivity contribution >= 4 is 12.4 Å². The average Bonchev–Trinajstić information content (AvgIpc) is 2.60. The predicted molar refractivity (Wildman–Crippen MR) is 122 cm³/mol. The molecule has 2 rings (SSSR count). The Morgan fingerprint density at radius 2 is 1.82 bits per heavy atom. The molecule has 0 spiro atoms. The third-order valence-corrected chi connectivity index (χ3v) is 6.43. The van der Waals surface area contributed by atoms with E-state index in [1.165, 1.54) is 31.2 Å². The molecule has 4 heteroatoms. The molecule has 0 unspecified atom stereocenters. The van der Waals surface area contributed by atoms with Crippen LogP contribution in [0.15, 0.2) is 18.2 Å². The van der Waals surface area contributed by atoms with Crippen LogP contribution in [0.3, 0.4) is 0 Å². The number of phenolic OH excluding ortho intramolecular Hbond substituents is 1. The molecule has 1 aliphatic carbocycles. The van der Waals surface area contributed by atoms with Gasteiger partial charge in [0.05, 0.1) is 6.10 Å². The summed E-state index contributed by atoms with van der Waals surface area (Å²) in [6.45, 7) is 7.81. The molecule has 0 aliphatic heterocycles. The van der Waals surface area contributed by atoms with Crippen LogP contribution in [0.1, 0.15) is 89.2 Å². The van der Waals surface area contributed by atoms with E-state index in [-0.39, 0.29) is 29.8 Å². The molecule has 0 saturated heterocycles. The van der Waals surface area contributed by atoms with Crippen LogP contribution in [0, 0.1) is 5.92 Å². The number of rotatable bonds is 9. The first-order chi connectivity index (χ1) is 12.7. The molecule has 1 aromatic rings. The smallest absolute Gasteiger partial charge is 0.119 e. The molecule has 2 N–H and O–H groups in total. The molecule has 1 aromatic carbocycles. The second kappa shape index (κ2) is 11.4. The molecule has 1 aliphatic rings. The van der Waals surface area contributed by atoms with Crippen molar-refractivity contribution in [3.63, 3.8) is 0 Å². The molecule has 1 fully saturated rings. The van der Waals surface area contributed by atoms with Crippen molar-refractivity contribution in [2.45, 2.75) is 89.6 Å². The van der Waals surface area contributed by atoms with Gasteiger partial charge in [-0.3, -0.25) is 0 Å². The fourth-order valence-electron chi connectivity index (χ4n) is 4.70. The second-order valence-electron chi connectivity index (χ2n) is 9.56. The van der Waals surface area contributed by atoms with Crippen molar-refractivity contribution in [3.05, 3.63) is 29.3 Å². The number of nitrogens with zero attached hydrogens (tertiary/aromatic N) is 1. The van der Waals surface area contributed by atoms with E-state index >= 15 is 0 Å². The third-order valence-electron chi connectivity index (χ3n) is 6.43. The highest BCUT2D eigenvalue weighted by Gasteiger charge is 2.33. The Morgan fingerprint density at radius 1 is 1.11 bits per heavy atom. The summed E-state index contributed by atoms with van der Waals surface area (Å²) in [7, 11) is 4.21. The molecule has 0 radical (unpaired) electrons. The zero-order chi connectivity index (χ0) is 20.0. The minimum Gasteiger partial charge on any atom is -0.508 e. The van der Waals surface area contributed by atoms with E-state index in [9.17, 15) is 10.2 Å². The van der Waals surface area contributed by atoms with Crippen LogP contribution in [0.4, 0.5) is 0 Å². The summed E-state index contributed by atoms with van der Waals surface area (Å²) >= 11 is 0. The van der Waals surface area contributed by atoms with Gasteiger partial charge in [-0.1, -0.05) is 58.6 Å². The lowest BCUT2D eigenvalue weighted by molar-refractivity contribution is 0.0841. The van der Waals surface area contributed by atoms with Crippen molar-refractivity contribution in [1.82, 2.24) is 4.90 Å². The lowest BCUT2D eigenvalue weighted by Gasteiger charge is -2.36. The molecule has 162 valence electrons. The topological polar surface area (TPSA) is 43.7 Å². The molecule has 0 bridgehead atoms. The highest BCUT2D eigenvalue weighted by molar-refractivity contribution is 5.85. The summed E-state index contributed by atoms with van der Waals surface area (Å²) in [4.78, 5) is 2.22. The SMILES string of the molecule is CCCCCCC(C)(C)c1ccc([C@H]2C[C@H](O)CC[C@@H]2CN(C)C)c(O)c1.Cl. The average molecular weight is 412 g/mol. The van der Waals surface area contributed by atoms with Crippen LogP contribution in [-0.4, -0.2) is 41.9 Å². The van der Waals surface area contributed by atoms with E-state index in [4.69, 9.17) is 0 Å². The van der Waals surface area contributed by atoms with Crippen LogP contribution < -0.4 is 0 Å². The first kappa shape index (κ1) is 25.3. The number of hydrogen-bond donors (Lipinski definition) is 2. The fourth-order valence-corrected chi connectivity index (χ4v) is 4.70. The van der Waals surface area contributed by atoms with Crippen LogP contribution in [-0.2, 0) is 5.41 Å². The Hall–Kier alpha value is -0.770. The standard InChI is InChI=1S/C24H41NO2.ClH/c1-6-7-8-9-14-24(2,3)19-11-13-21(23(27)15-19)22-16-20(26)12-10-18(22)17-25(4)5;/h11,13,15,18,20,22,26-27H,6-10,12,14,16-17H2,1-5H3;1H/t18-,20-,22+;/m1./s1. The van der Waals surface area contributed by atoms with E-state index in [0.717, 1.165) is 37.8 Å². The van der Waals surface area contributed by atoms with E-state index < -0.39 is 0 Å². The first-order valence-electron chi connectivity index (χ1n) is 10.9. The Bertz CT molecular complexity index is 588. The molecule has 28 heavy (non-hydrogen) atoms. The Kier molecular flexibility index (Phi) is 10.3. The molecule has 0 amide bonds. The zero-order valence-corrected chi connectivity index (χ0v) is 19.4. The molecule has 0 aromatic heterocycles. The predicted octanol–water partition coefficient (Wildman–Crippen LogP) is 5.87. The minimum absolute atomic E-state index is 0. The number of unbranched alkanes of at least 4 members (excludes halogenated alkanes) is 3. The van der Waals surface area contributed by atoms with Gasteiger partial charge in [0.15, 0.2) is 0 Å². The number of aliphatic hydroxyl groups is 1.